The monoisotopic (exact) mass is 251 g/mol. The van der Waals surface area contributed by atoms with Gasteiger partial charge in [-0.2, -0.15) is 5.26 Å². The van der Waals surface area contributed by atoms with Crippen LogP contribution in [0.5, 0.6) is 0 Å². The van der Waals surface area contributed by atoms with Gasteiger partial charge in [-0.15, -0.1) is 0 Å². The molecule has 2 unspecified atom stereocenters. The summed E-state index contributed by atoms with van der Waals surface area (Å²) < 4.78 is 0. The summed E-state index contributed by atoms with van der Waals surface area (Å²) in [5.41, 5.74) is 0. The van der Waals surface area contributed by atoms with Crippen LogP contribution in [-0.4, -0.2) is 0 Å². The largest absolute Gasteiger partial charge is 0.198 e. The lowest BCUT2D eigenvalue weighted by atomic mass is 10.0. The molecule has 1 fully saturated rings. The molecule has 1 rings (SSSR count). The minimum Gasteiger partial charge on any atom is -0.198 e. The van der Waals surface area contributed by atoms with E-state index in [1.807, 2.05) is 0 Å². The summed E-state index contributed by atoms with van der Waals surface area (Å²) >= 11 is 0. The van der Waals surface area contributed by atoms with E-state index in [1.54, 1.807) is 0 Å². The molecule has 106 valence electrons. The highest BCUT2D eigenvalue weighted by Crippen LogP contribution is 2.29. The summed E-state index contributed by atoms with van der Waals surface area (Å²) in [6.07, 6.45) is 15.1. The molecule has 0 aromatic heterocycles. The fraction of sp³-hybridized carbons (Fsp3) is 0.941. The fourth-order valence-corrected chi connectivity index (χ4v) is 2.54. The van der Waals surface area contributed by atoms with Gasteiger partial charge in [0, 0.05) is 5.92 Å². The standard InChI is InChI=1S/C10H22.C7H11N/c1-3-5-7-9-10-8-6-4-2;1-6-3-2-4-7(6)5-8/h3-10H2,1-2H3;6-7H,2-4H2,1H3. The SMILES string of the molecule is CC1CCCC1C#N.CCCCCCCCCC. The topological polar surface area (TPSA) is 23.8 Å². The average Bonchev–Trinajstić information content (AvgIpc) is 2.80. The van der Waals surface area contributed by atoms with E-state index in [9.17, 15) is 0 Å². The molecular formula is C17H33N. The van der Waals surface area contributed by atoms with Crippen molar-refractivity contribution in [3.05, 3.63) is 0 Å². The zero-order valence-electron chi connectivity index (χ0n) is 12.9. The van der Waals surface area contributed by atoms with Gasteiger partial charge in [-0.05, 0) is 18.8 Å². The molecule has 0 spiro atoms. The lowest BCUT2D eigenvalue weighted by Crippen LogP contribution is -1.98. The van der Waals surface area contributed by atoms with Crippen LogP contribution in [0.2, 0.25) is 0 Å². The van der Waals surface area contributed by atoms with E-state index >= 15 is 0 Å². The molecule has 0 aliphatic heterocycles. The van der Waals surface area contributed by atoms with E-state index < -0.39 is 0 Å². The lowest BCUT2D eigenvalue weighted by Gasteiger charge is -2.02. The first-order chi connectivity index (χ1) is 8.76. The highest BCUT2D eigenvalue weighted by atomic mass is 14.3. The van der Waals surface area contributed by atoms with Gasteiger partial charge in [0.1, 0.15) is 0 Å². The molecule has 1 aliphatic carbocycles. The predicted molar refractivity (Wildman–Crippen MR) is 80.4 cm³/mol. The summed E-state index contributed by atoms with van der Waals surface area (Å²) in [6.45, 7) is 6.71. The highest BCUT2D eigenvalue weighted by Gasteiger charge is 2.21. The molecule has 1 heteroatoms. The second kappa shape index (κ2) is 12.9. The van der Waals surface area contributed by atoms with Gasteiger partial charge in [0.2, 0.25) is 0 Å². The first-order valence-corrected chi connectivity index (χ1v) is 8.15. The van der Waals surface area contributed by atoms with E-state index in [0.717, 1.165) is 6.42 Å². The predicted octanol–water partition coefficient (Wildman–Crippen LogP) is 6.09. The first kappa shape index (κ1) is 17.5. The minimum absolute atomic E-state index is 0.370. The Labute approximate surface area is 115 Å². The van der Waals surface area contributed by atoms with Crippen LogP contribution in [0.4, 0.5) is 0 Å². The quantitative estimate of drug-likeness (QED) is 0.502. The highest BCUT2D eigenvalue weighted by molar-refractivity contribution is 4.90. The zero-order valence-corrected chi connectivity index (χ0v) is 12.9. The average molecular weight is 251 g/mol. The third-order valence-corrected chi connectivity index (χ3v) is 3.98. The molecule has 1 saturated carbocycles. The number of unbranched alkanes of at least 4 members (excludes halogenated alkanes) is 7. The molecule has 0 heterocycles. The zero-order chi connectivity index (χ0) is 13.6. The number of hydrogen-bond acceptors (Lipinski definition) is 1. The van der Waals surface area contributed by atoms with Crippen LogP contribution in [0.15, 0.2) is 0 Å². The Kier molecular flexibility index (Phi) is 12.6. The van der Waals surface area contributed by atoms with Crippen molar-refractivity contribution >= 4 is 0 Å². The van der Waals surface area contributed by atoms with Crippen LogP contribution >= 0.6 is 0 Å². The van der Waals surface area contributed by atoms with Gasteiger partial charge < -0.3 is 0 Å². The maximum absolute atomic E-state index is 8.49. The number of nitriles is 1. The number of rotatable bonds is 7. The van der Waals surface area contributed by atoms with E-state index in [4.69, 9.17) is 5.26 Å². The Bertz CT molecular complexity index is 196. The molecule has 0 saturated heterocycles. The smallest absolute Gasteiger partial charge is 0.0658 e. The Hall–Kier alpha value is -0.510. The fourth-order valence-electron chi connectivity index (χ4n) is 2.54. The molecule has 0 N–H and O–H groups in total. The van der Waals surface area contributed by atoms with Crippen molar-refractivity contribution in [3.8, 4) is 6.07 Å². The Balaban J connectivity index is 0.000000327. The Morgan fingerprint density at radius 1 is 0.889 bits per heavy atom. The van der Waals surface area contributed by atoms with Crippen LogP contribution in [0, 0.1) is 23.2 Å². The lowest BCUT2D eigenvalue weighted by molar-refractivity contribution is 0.514. The van der Waals surface area contributed by atoms with Gasteiger partial charge in [-0.1, -0.05) is 78.6 Å². The van der Waals surface area contributed by atoms with Crippen LogP contribution in [-0.2, 0) is 0 Å². The van der Waals surface area contributed by atoms with Gasteiger partial charge in [0.05, 0.1) is 6.07 Å². The van der Waals surface area contributed by atoms with Crippen LogP contribution < -0.4 is 0 Å². The second-order valence-corrected chi connectivity index (χ2v) is 5.77. The van der Waals surface area contributed by atoms with Crippen molar-refractivity contribution in [2.24, 2.45) is 11.8 Å². The summed E-state index contributed by atoms with van der Waals surface area (Å²) in [7, 11) is 0. The van der Waals surface area contributed by atoms with Gasteiger partial charge in [0.15, 0.2) is 0 Å². The molecule has 0 radical (unpaired) electrons. The third kappa shape index (κ3) is 9.51. The van der Waals surface area contributed by atoms with Gasteiger partial charge in [-0.25, -0.2) is 0 Å². The van der Waals surface area contributed by atoms with E-state index in [0.29, 0.717) is 11.8 Å². The Morgan fingerprint density at radius 2 is 1.39 bits per heavy atom. The summed E-state index contributed by atoms with van der Waals surface area (Å²) in [4.78, 5) is 0. The van der Waals surface area contributed by atoms with Crippen molar-refractivity contribution in [3.63, 3.8) is 0 Å². The van der Waals surface area contributed by atoms with Gasteiger partial charge in [-0.3, -0.25) is 0 Å². The normalized spacial score (nSPS) is 22.1. The molecule has 18 heavy (non-hydrogen) atoms. The third-order valence-electron chi connectivity index (χ3n) is 3.98. The second-order valence-electron chi connectivity index (χ2n) is 5.77. The molecule has 2 atom stereocenters. The van der Waals surface area contributed by atoms with Crippen molar-refractivity contribution in [2.75, 3.05) is 0 Å². The Morgan fingerprint density at radius 3 is 1.67 bits per heavy atom. The van der Waals surface area contributed by atoms with E-state index in [-0.39, 0.29) is 0 Å². The molecule has 0 bridgehead atoms. The van der Waals surface area contributed by atoms with Crippen molar-refractivity contribution in [1.29, 1.82) is 5.26 Å². The maximum atomic E-state index is 8.49. The van der Waals surface area contributed by atoms with Crippen molar-refractivity contribution in [1.82, 2.24) is 0 Å². The number of nitrogens with zero attached hydrogens (tertiary/aromatic N) is 1. The minimum atomic E-state index is 0.370. The molecule has 1 nitrogen and oxygen atoms in total. The summed E-state index contributed by atoms with van der Waals surface area (Å²) in [5.74, 6) is 1.04. The van der Waals surface area contributed by atoms with Gasteiger partial charge in [0.25, 0.3) is 0 Å². The summed E-state index contributed by atoms with van der Waals surface area (Å²) in [5, 5.41) is 8.49. The summed E-state index contributed by atoms with van der Waals surface area (Å²) in [6, 6.07) is 2.31. The van der Waals surface area contributed by atoms with Crippen molar-refractivity contribution in [2.45, 2.75) is 91.4 Å². The first-order valence-electron chi connectivity index (χ1n) is 8.15. The van der Waals surface area contributed by atoms with Crippen molar-refractivity contribution < 1.29 is 0 Å². The molecular weight excluding hydrogens is 218 g/mol. The molecule has 0 aromatic carbocycles. The molecule has 0 amide bonds. The molecule has 1 aliphatic rings. The van der Waals surface area contributed by atoms with Crippen LogP contribution in [0.25, 0.3) is 0 Å². The number of hydrogen-bond donors (Lipinski definition) is 0. The molecule has 0 aromatic rings. The van der Waals surface area contributed by atoms with Crippen LogP contribution in [0.1, 0.15) is 91.4 Å². The van der Waals surface area contributed by atoms with E-state index in [1.165, 1.54) is 64.2 Å². The van der Waals surface area contributed by atoms with E-state index in [2.05, 4.69) is 26.8 Å². The maximum Gasteiger partial charge on any atom is 0.0658 e. The van der Waals surface area contributed by atoms with Crippen LogP contribution in [0.3, 0.4) is 0 Å². The van der Waals surface area contributed by atoms with Gasteiger partial charge >= 0.3 is 0 Å².